The second-order valence-corrected chi connectivity index (χ2v) is 5.76. The molecule has 4 nitrogen and oxygen atoms in total. The van der Waals surface area contributed by atoms with Crippen LogP contribution in [0.4, 0.5) is 5.69 Å². The van der Waals surface area contributed by atoms with Crippen LogP contribution in [0.5, 0.6) is 0 Å². The molecule has 2 heterocycles. The summed E-state index contributed by atoms with van der Waals surface area (Å²) in [5.74, 6) is 0.980. The van der Waals surface area contributed by atoms with Crippen LogP contribution in [0.1, 0.15) is 44.2 Å². The molecule has 0 saturated carbocycles. The van der Waals surface area contributed by atoms with E-state index in [0.717, 1.165) is 17.0 Å². The second kappa shape index (κ2) is 5.28. The van der Waals surface area contributed by atoms with Crippen molar-refractivity contribution < 1.29 is 4.42 Å². The lowest BCUT2D eigenvalue weighted by Gasteiger charge is -2.12. The smallest absolute Gasteiger partial charge is 0.134 e. The van der Waals surface area contributed by atoms with E-state index in [9.17, 15) is 0 Å². The number of rotatable bonds is 4. The maximum absolute atomic E-state index is 6.00. The first-order valence-electron chi connectivity index (χ1n) is 7.35. The van der Waals surface area contributed by atoms with Crippen molar-refractivity contribution in [3.63, 3.8) is 0 Å². The Labute approximate surface area is 124 Å². The van der Waals surface area contributed by atoms with Gasteiger partial charge in [-0.05, 0) is 33.8 Å². The fourth-order valence-electron chi connectivity index (χ4n) is 2.62. The molecule has 3 aromatic rings. The molecule has 4 heteroatoms. The Hall–Kier alpha value is -2.23. The average Bonchev–Trinajstić information content (AvgIpc) is 3.05. The molecule has 0 aliphatic carbocycles. The number of hydrogen-bond donors (Lipinski definition) is 1. The maximum atomic E-state index is 6.00. The zero-order chi connectivity index (χ0) is 15.0. The molecule has 3 rings (SSSR count). The zero-order valence-corrected chi connectivity index (χ0v) is 12.9. The highest BCUT2D eigenvalue weighted by Gasteiger charge is 2.16. The van der Waals surface area contributed by atoms with Gasteiger partial charge < -0.3 is 9.73 Å². The SMILES string of the molecule is Cc1c(C(C)Nc2cnn(C(C)C)c2)oc2ccccc12. The number of furan rings is 1. The topological polar surface area (TPSA) is 43.0 Å². The number of aromatic nitrogens is 2. The summed E-state index contributed by atoms with van der Waals surface area (Å²) >= 11 is 0. The molecule has 0 saturated heterocycles. The van der Waals surface area contributed by atoms with Crippen LogP contribution in [0.3, 0.4) is 0 Å². The highest BCUT2D eigenvalue weighted by Crippen LogP contribution is 2.30. The van der Waals surface area contributed by atoms with Gasteiger partial charge in [-0.15, -0.1) is 0 Å². The van der Waals surface area contributed by atoms with Crippen LogP contribution in [0.2, 0.25) is 0 Å². The molecule has 0 amide bonds. The number of nitrogens with zero attached hydrogens (tertiary/aromatic N) is 2. The molecule has 1 aromatic carbocycles. The molecule has 0 bridgehead atoms. The molecule has 0 fully saturated rings. The summed E-state index contributed by atoms with van der Waals surface area (Å²) in [5.41, 5.74) is 3.15. The van der Waals surface area contributed by atoms with Gasteiger partial charge >= 0.3 is 0 Å². The molecule has 0 aliphatic rings. The van der Waals surface area contributed by atoms with E-state index in [0.29, 0.717) is 6.04 Å². The first kappa shape index (κ1) is 13.7. The minimum Gasteiger partial charge on any atom is -0.459 e. The summed E-state index contributed by atoms with van der Waals surface area (Å²) in [6.07, 6.45) is 3.88. The fraction of sp³-hybridized carbons (Fsp3) is 0.353. The van der Waals surface area contributed by atoms with Crippen LogP contribution >= 0.6 is 0 Å². The third-order valence-corrected chi connectivity index (χ3v) is 3.79. The van der Waals surface area contributed by atoms with Crippen molar-refractivity contribution in [1.82, 2.24) is 9.78 Å². The van der Waals surface area contributed by atoms with Gasteiger partial charge in [-0.3, -0.25) is 4.68 Å². The van der Waals surface area contributed by atoms with Crippen molar-refractivity contribution in [1.29, 1.82) is 0 Å². The summed E-state index contributed by atoms with van der Waals surface area (Å²) in [6, 6.07) is 8.61. The molecule has 1 N–H and O–H groups in total. The molecule has 1 unspecified atom stereocenters. The number of anilines is 1. The standard InChI is InChI=1S/C17H21N3O/c1-11(2)20-10-14(9-18-20)19-13(4)17-12(3)15-7-5-6-8-16(15)21-17/h5-11,13,19H,1-4H3. The van der Waals surface area contributed by atoms with E-state index in [4.69, 9.17) is 4.42 Å². The zero-order valence-electron chi connectivity index (χ0n) is 12.9. The third kappa shape index (κ3) is 2.53. The lowest BCUT2D eigenvalue weighted by Crippen LogP contribution is -2.06. The lowest BCUT2D eigenvalue weighted by molar-refractivity contribution is 0.521. The van der Waals surface area contributed by atoms with Crippen LogP contribution < -0.4 is 5.32 Å². The van der Waals surface area contributed by atoms with Crippen LogP contribution in [0.15, 0.2) is 41.1 Å². The summed E-state index contributed by atoms with van der Waals surface area (Å²) in [7, 11) is 0. The summed E-state index contributed by atoms with van der Waals surface area (Å²) in [5, 5.41) is 8.99. The van der Waals surface area contributed by atoms with Crippen molar-refractivity contribution in [2.45, 2.75) is 39.8 Å². The number of fused-ring (bicyclic) bond motifs is 1. The van der Waals surface area contributed by atoms with Crippen molar-refractivity contribution in [3.05, 3.63) is 48.0 Å². The predicted molar refractivity (Wildman–Crippen MR) is 85.6 cm³/mol. The molecular weight excluding hydrogens is 262 g/mol. The number of aryl methyl sites for hydroxylation is 1. The summed E-state index contributed by atoms with van der Waals surface area (Å²) in [4.78, 5) is 0. The van der Waals surface area contributed by atoms with Gasteiger partial charge in [0.05, 0.1) is 17.9 Å². The fourth-order valence-corrected chi connectivity index (χ4v) is 2.62. The third-order valence-electron chi connectivity index (χ3n) is 3.79. The van der Waals surface area contributed by atoms with E-state index in [1.54, 1.807) is 0 Å². The number of hydrogen-bond acceptors (Lipinski definition) is 3. The van der Waals surface area contributed by atoms with E-state index in [2.05, 4.69) is 44.2 Å². The van der Waals surface area contributed by atoms with E-state index in [1.165, 1.54) is 10.9 Å². The number of para-hydroxylation sites is 1. The molecule has 2 aromatic heterocycles. The monoisotopic (exact) mass is 283 g/mol. The van der Waals surface area contributed by atoms with Gasteiger partial charge in [0.2, 0.25) is 0 Å². The van der Waals surface area contributed by atoms with E-state index >= 15 is 0 Å². The van der Waals surface area contributed by atoms with Gasteiger partial charge in [-0.1, -0.05) is 18.2 Å². The van der Waals surface area contributed by atoms with Crippen LogP contribution in [-0.4, -0.2) is 9.78 Å². The van der Waals surface area contributed by atoms with E-state index < -0.39 is 0 Å². The number of nitrogens with one attached hydrogen (secondary N) is 1. The number of benzene rings is 1. The Balaban J connectivity index is 1.86. The summed E-state index contributed by atoms with van der Waals surface area (Å²) in [6.45, 7) is 8.45. The van der Waals surface area contributed by atoms with Crippen LogP contribution in [0.25, 0.3) is 11.0 Å². The highest BCUT2D eigenvalue weighted by molar-refractivity contribution is 5.82. The first-order valence-corrected chi connectivity index (χ1v) is 7.35. The van der Waals surface area contributed by atoms with Gasteiger partial charge in [-0.2, -0.15) is 5.10 Å². The Morgan fingerprint density at radius 1 is 1.19 bits per heavy atom. The van der Waals surface area contributed by atoms with E-state index in [1.807, 2.05) is 35.3 Å². The first-order chi connectivity index (χ1) is 10.1. The Morgan fingerprint density at radius 2 is 1.95 bits per heavy atom. The summed E-state index contributed by atoms with van der Waals surface area (Å²) < 4.78 is 7.94. The Bertz CT molecular complexity index is 754. The average molecular weight is 283 g/mol. The molecular formula is C17H21N3O. The van der Waals surface area contributed by atoms with Gasteiger partial charge in [0, 0.05) is 23.2 Å². The maximum Gasteiger partial charge on any atom is 0.134 e. The predicted octanol–water partition coefficient (Wildman–Crippen LogP) is 4.69. The molecule has 21 heavy (non-hydrogen) atoms. The second-order valence-electron chi connectivity index (χ2n) is 5.76. The van der Waals surface area contributed by atoms with Crippen LogP contribution in [-0.2, 0) is 0 Å². The van der Waals surface area contributed by atoms with Crippen molar-refractivity contribution >= 4 is 16.7 Å². The molecule has 0 aliphatic heterocycles. The van der Waals surface area contributed by atoms with Crippen molar-refractivity contribution in [2.24, 2.45) is 0 Å². The van der Waals surface area contributed by atoms with Crippen molar-refractivity contribution in [2.75, 3.05) is 5.32 Å². The Kier molecular flexibility index (Phi) is 3.45. The molecule has 110 valence electrons. The quantitative estimate of drug-likeness (QED) is 0.755. The van der Waals surface area contributed by atoms with Crippen molar-refractivity contribution in [3.8, 4) is 0 Å². The van der Waals surface area contributed by atoms with Gasteiger partial charge in [0.25, 0.3) is 0 Å². The molecule has 1 atom stereocenters. The minimum absolute atomic E-state index is 0.0993. The molecule has 0 radical (unpaired) electrons. The highest BCUT2D eigenvalue weighted by atomic mass is 16.3. The van der Waals surface area contributed by atoms with Gasteiger partial charge in [-0.25, -0.2) is 0 Å². The van der Waals surface area contributed by atoms with Gasteiger partial charge in [0.1, 0.15) is 11.3 Å². The van der Waals surface area contributed by atoms with Gasteiger partial charge in [0.15, 0.2) is 0 Å². The lowest BCUT2D eigenvalue weighted by atomic mass is 10.1. The largest absolute Gasteiger partial charge is 0.459 e. The normalized spacial score (nSPS) is 13.0. The van der Waals surface area contributed by atoms with E-state index in [-0.39, 0.29) is 6.04 Å². The molecule has 0 spiro atoms. The minimum atomic E-state index is 0.0993. The Morgan fingerprint density at radius 3 is 2.62 bits per heavy atom. The van der Waals surface area contributed by atoms with Crippen LogP contribution in [0, 0.1) is 6.92 Å².